The van der Waals surface area contributed by atoms with Gasteiger partial charge in [-0.2, -0.15) is 5.06 Å². The molecule has 0 aromatic carbocycles. The highest BCUT2D eigenvalue weighted by Gasteiger charge is 2.13. The summed E-state index contributed by atoms with van der Waals surface area (Å²) >= 11 is 0. The van der Waals surface area contributed by atoms with Gasteiger partial charge in [0.25, 0.3) is 0 Å². The summed E-state index contributed by atoms with van der Waals surface area (Å²) in [5, 5.41) is 2.05. The van der Waals surface area contributed by atoms with Crippen LogP contribution in [0.25, 0.3) is 0 Å². The molecule has 1 aliphatic rings. The van der Waals surface area contributed by atoms with Gasteiger partial charge in [0.05, 0.1) is 12.7 Å². The Morgan fingerprint density at radius 1 is 1.38 bits per heavy atom. The van der Waals surface area contributed by atoms with Crippen molar-refractivity contribution in [3.8, 4) is 0 Å². The van der Waals surface area contributed by atoms with Crippen molar-refractivity contribution in [1.82, 2.24) is 5.06 Å². The fraction of sp³-hybridized carbons (Fsp3) is 1.00. The summed E-state index contributed by atoms with van der Waals surface area (Å²) in [6.07, 6.45) is 5.44. The molecule has 0 unspecified atom stereocenters. The first-order valence-electron chi connectivity index (χ1n) is 5.23. The summed E-state index contributed by atoms with van der Waals surface area (Å²) in [6, 6.07) is 0. The van der Waals surface area contributed by atoms with E-state index in [0.29, 0.717) is 6.10 Å². The van der Waals surface area contributed by atoms with Gasteiger partial charge in [-0.15, -0.1) is 0 Å². The Labute approximate surface area is 81.0 Å². The van der Waals surface area contributed by atoms with Gasteiger partial charge in [-0.05, 0) is 19.8 Å². The number of ether oxygens (including phenoxy) is 1. The van der Waals surface area contributed by atoms with Crippen LogP contribution in [0.15, 0.2) is 0 Å². The van der Waals surface area contributed by atoms with E-state index < -0.39 is 0 Å². The van der Waals surface area contributed by atoms with Crippen LogP contribution in [-0.4, -0.2) is 38.0 Å². The van der Waals surface area contributed by atoms with E-state index in [4.69, 9.17) is 9.57 Å². The molecular weight excluding hydrogens is 166 g/mol. The quantitative estimate of drug-likeness (QED) is 0.673. The highest BCUT2D eigenvalue weighted by Crippen LogP contribution is 2.13. The molecule has 1 aliphatic heterocycles. The molecule has 0 spiro atoms. The lowest BCUT2D eigenvalue weighted by Crippen LogP contribution is -2.33. The molecule has 0 aliphatic carbocycles. The van der Waals surface area contributed by atoms with Crippen LogP contribution in [0.5, 0.6) is 0 Å². The first-order chi connectivity index (χ1) is 6.33. The second-order valence-corrected chi connectivity index (χ2v) is 3.69. The summed E-state index contributed by atoms with van der Waals surface area (Å²) in [5.41, 5.74) is 0. The number of nitrogens with zero attached hydrogens (tertiary/aromatic N) is 1. The van der Waals surface area contributed by atoms with Gasteiger partial charge in [-0.1, -0.05) is 12.8 Å². The Bertz CT molecular complexity index is 128. The third-order valence-corrected chi connectivity index (χ3v) is 2.39. The molecule has 0 bridgehead atoms. The van der Waals surface area contributed by atoms with Crippen molar-refractivity contribution in [3.05, 3.63) is 0 Å². The molecule has 1 fully saturated rings. The van der Waals surface area contributed by atoms with Gasteiger partial charge in [0.2, 0.25) is 0 Å². The van der Waals surface area contributed by atoms with E-state index in [0.717, 1.165) is 19.7 Å². The van der Waals surface area contributed by atoms with E-state index in [1.54, 1.807) is 7.11 Å². The highest BCUT2D eigenvalue weighted by molar-refractivity contribution is 4.57. The molecule has 3 heteroatoms. The van der Waals surface area contributed by atoms with Crippen LogP contribution < -0.4 is 0 Å². The molecule has 0 radical (unpaired) electrons. The molecule has 13 heavy (non-hydrogen) atoms. The largest absolute Gasteiger partial charge is 0.383 e. The molecule has 78 valence electrons. The Kier molecular flexibility index (Phi) is 5.35. The van der Waals surface area contributed by atoms with Gasteiger partial charge in [0.15, 0.2) is 0 Å². The lowest BCUT2D eigenvalue weighted by molar-refractivity contribution is -0.203. The van der Waals surface area contributed by atoms with Crippen molar-refractivity contribution in [2.24, 2.45) is 0 Å². The second kappa shape index (κ2) is 6.35. The Morgan fingerprint density at radius 3 is 3.00 bits per heavy atom. The van der Waals surface area contributed by atoms with E-state index in [2.05, 4.69) is 6.92 Å². The molecule has 0 aromatic heterocycles. The number of rotatable bonds is 3. The molecule has 0 aromatic rings. The summed E-state index contributed by atoms with van der Waals surface area (Å²) in [4.78, 5) is 5.75. The number of methoxy groups -OCH3 is 1. The summed E-state index contributed by atoms with van der Waals surface area (Å²) in [7, 11) is 1.73. The Hall–Kier alpha value is -0.120. The normalized spacial score (nSPS) is 26.8. The zero-order valence-corrected chi connectivity index (χ0v) is 8.79. The monoisotopic (exact) mass is 187 g/mol. The van der Waals surface area contributed by atoms with Crippen LogP contribution in [0.1, 0.15) is 32.6 Å². The van der Waals surface area contributed by atoms with Crippen molar-refractivity contribution in [1.29, 1.82) is 0 Å². The minimum absolute atomic E-state index is 0.372. The summed E-state index contributed by atoms with van der Waals surface area (Å²) in [6.45, 7) is 4.84. The predicted octanol–water partition coefficient (Wildman–Crippen LogP) is 1.83. The fourth-order valence-electron chi connectivity index (χ4n) is 1.61. The van der Waals surface area contributed by atoms with E-state index in [9.17, 15) is 0 Å². The van der Waals surface area contributed by atoms with Gasteiger partial charge in [-0.3, -0.25) is 4.84 Å². The minimum atomic E-state index is 0.372. The molecule has 1 saturated heterocycles. The predicted molar refractivity (Wildman–Crippen MR) is 52.5 cm³/mol. The van der Waals surface area contributed by atoms with Gasteiger partial charge in [0.1, 0.15) is 0 Å². The zero-order valence-electron chi connectivity index (χ0n) is 8.79. The Balaban J connectivity index is 2.23. The minimum Gasteiger partial charge on any atom is -0.383 e. The molecule has 0 amide bonds. The van der Waals surface area contributed by atoms with Crippen LogP contribution in [0.4, 0.5) is 0 Å². The average molecular weight is 187 g/mol. The number of hydrogen-bond donors (Lipinski definition) is 0. The number of hydrogen-bond acceptors (Lipinski definition) is 3. The van der Waals surface area contributed by atoms with Crippen LogP contribution in [0.2, 0.25) is 0 Å². The maximum Gasteiger partial charge on any atom is 0.0765 e. The molecular formula is C10H21NO2. The fourth-order valence-corrected chi connectivity index (χ4v) is 1.61. The average Bonchev–Trinajstić information content (AvgIpc) is 2.09. The van der Waals surface area contributed by atoms with Crippen molar-refractivity contribution in [3.63, 3.8) is 0 Å². The molecule has 1 heterocycles. The van der Waals surface area contributed by atoms with Crippen molar-refractivity contribution >= 4 is 0 Å². The SMILES string of the molecule is COCCN1CCCCC[C@H](C)O1. The molecule has 3 nitrogen and oxygen atoms in total. The zero-order chi connectivity index (χ0) is 9.52. The standard InChI is InChI=1S/C10H21NO2/c1-10-6-4-3-5-7-11(13-10)8-9-12-2/h10H,3-9H2,1-2H3/t10-/m0/s1. The lowest BCUT2D eigenvalue weighted by atomic mass is 10.1. The summed E-state index contributed by atoms with van der Waals surface area (Å²) < 4.78 is 5.03. The topological polar surface area (TPSA) is 21.7 Å². The van der Waals surface area contributed by atoms with Crippen LogP contribution in [-0.2, 0) is 9.57 Å². The van der Waals surface area contributed by atoms with Gasteiger partial charge in [-0.25, -0.2) is 0 Å². The molecule has 1 rings (SSSR count). The maximum absolute atomic E-state index is 5.75. The van der Waals surface area contributed by atoms with Gasteiger partial charge < -0.3 is 4.74 Å². The first kappa shape index (κ1) is 11.0. The second-order valence-electron chi connectivity index (χ2n) is 3.69. The van der Waals surface area contributed by atoms with E-state index in [1.165, 1.54) is 25.7 Å². The first-order valence-corrected chi connectivity index (χ1v) is 5.23. The van der Waals surface area contributed by atoms with Gasteiger partial charge in [0, 0.05) is 20.2 Å². The van der Waals surface area contributed by atoms with Crippen molar-refractivity contribution < 1.29 is 9.57 Å². The van der Waals surface area contributed by atoms with Gasteiger partial charge >= 0.3 is 0 Å². The third kappa shape index (κ3) is 4.60. The Morgan fingerprint density at radius 2 is 2.23 bits per heavy atom. The van der Waals surface area contributed by atoms with Crippen LogP contribution in [0, 0.1) is 0 Å². The maximum atomic E-state index is 5.75. The molecule has 0 saturated carbocycles. The van der Waals surface area contributed by atoms with Crippen LogP contribution >= 0.6 is 0 Å². The molecule has 0 N–H and O–H groups in total. The third-order valence-electron chi connectivity index (χ3n) is 2.39. The van der Waals surface area contributed by atoms with Crippen molar-refractivity contribution in [2.75, 3.05) is 26.8 Å². The van der Waals surface area contributed by atoms with E-state index in [-0.39, 0.29) is 0 Å². The smallest absolute Gasteiger partial charge is 0.0765 e. The lowest BCUT2D eigenvalue weighted by Gasteiger charge is -2.27. The van der Waals surface area contributed by atoms with Crippen LogP contribution in [0.3, 0.4) is 0 Å². The number of hydroxylamine groups is 2. The van der Waals surface area contributed by atoms with Crippen molar-refractivity contribution in [2.45, 2.75) is 38.7 Å². The highest BCUT2D eigenvalue weighted by atomic mass is 16.7. The molecule has 1 atom stereocenters. The van der Waals surface area contributed by atoms with E-state index >= 15 is 0 Å². The van der Waals surface area contributed by atoms with E-state index in [1.807, 2.05) is 5.06 Å². The summed E-state index contributed by atoms with van der Waals surface area (Å²) in [5.74, 6) is 0.